The van der Waals surface area contributed by atoms with E-state index in [1.807, 2.05) is 23.1 Å². The number of carboxylic acids is 1. The lowest BCUT2D eigenvalue weighted by atomic mass is 9.97. The molecule has 3 heterocycles. The minimum Gasteiger partial charge on any atom is -0.496 e. The Labute approximate surface area is 173 Å². The van der Waals surface area contributed by atoms with Crippen molar-refractivity contribution >= 4 is 16.7 Å². The molecule has 2 aromatic heterocycles. The molecule has 1 fully saturated rings. The fraction of sp³-hybridized carbons (Fsp3) is 0.318. The van der Waals surface area contributed by atoms with Crippen LogP contribution in [-0.4, -0.2) is 52.3 Å². The lowest BCUT2D eigenvalue weighted by Crippen LogP contribution is -2.51. The summed E-state index contributed by atoms with van der Waals surface area (Å²) >= 11 is 0. The first-order valence-corrected chi connectivity index (χ1v) is 9.60. The van der Waals surface area contributed by atoms with Crippen LogP contribution in [0.1, 0.15) is 12.0 Å². The molecule has 1 N–H and O–H groups in total. The highest BCUT2D eigenvalue weighted by Gasteiger charge is 2.35. The number of nitrogens with zero attached hydrogens (tertiary/aromatic N) is 3. The Morgan fingerprint density at radius 3 is 2.50 bits per heavy atom. The Kier molecular flexibility index (Phi) is 5.17. The molecule has 1 saturated heterocycles. The maximum absolute atomic E-state index is 12.5. The highest BCUT2D eigenvalue weighted by molar-refractivity contribution is 5.95. The van der Waals surface area contributed by atoms with E-state index < -0.39 is 12.0 Å². The van der Waals surface area contributed by atoms with Gasteiger partial charge in [-0.05, 0) is 35.6 Å². The maximum atomic E-state index is 12.5. The number of benzene rings is 1. The van der Waals surface area contributed by atoms with Crippen LogP contribution >= 0.6 is 0 Å². The number of aromatic nitrogens is 2. The largest absolute Gasteiger partial charge is 0.496 e. The molecule has 8 nitrogen and oxygen atoms in total. The van der Waals surface area contributed by atoms with Gasteiger partial charge in [0.2, 0.25) is 0 Å². The number of hydrogen-bond acceptors (Lipinski definition) is 6. The second kappa shape index (κ2) is 7.79. The van der Waals surface area contributed by atoms with Crippen LogP contribution in [0.5, 0.6) is 11.5 Å². The molecule has 0 radical (unpaired) electrons. The van der Waals surface area contributed by atoms with Gasteiger partial charge in [-0.25, -0.2) is 0 Å². The first-order valence-electron chi connectivity index (χ1n) is 9.60. The quantitative estimate of drug-likeness (QED) is 0.667. The number of rotatable bonds is 6. The molecule has 1 aromatic carbocycles. The molecule has 0 amide bonds. The number of ether oxygens (including phenoxy) is 2. The van der Waals surface area contributed by atoms with E-state index in [0.29, 0.717) is 36.4 Å². The Balaban J connectivity index is 1.84. The molecule has 0 unspecified atom stereocenters. The Hall–Kier alpha value is -3.39. The summed E-state index contributed by atoms with van der Waals surface area (Å²) in [4.78, 5) is 29.8. The van der Waals surface area contributed by atoms with Crippen molar-refractivity contribution in [2.75, 3.05) is 20.8 Å². The average Bonchev–Trinajstić information content (AvgIpc) is 2.72. The molecule has 0 saturated carbocycles. The van der Waals surface area contributed by atoms with Crippen LogP contribution in [0.3, 0.4) is 0 Å². The van der Waals surface area contributed by atoms with Gasteiger partial charge in [-0.15, -0.1) is 0 Å². The van der Waals surface area contributed by atoms with Gasteiger partial charge in [0.25, 0.3) is 5.56 Å². The lowest BCUT2D eigenvalue weighted by Gasteiger charge is -2.38. The highest BCUT2D eigenvalue weighted by Crippen LogP contribution is 2.38. The van der Waals surface area contributed by atoms with Crippen molar-refractivity contribution in [2.45, 2.75) is 19.0 Å². The molecular formula is C22H23N3O5. The van der Waals surface area contributed by atoms with Gasteiger partial charge in [0.05, 0.1) is 25.2 Å². The van der Waals surface area contributed by atoms with Crippen molar-refractivity contribution in [1.29, 1.82) is 0 Å². The van der Waals surface area contributed by atoms with Crippen LogP contribution in [0, 0.1) is 0 Å². The molecule has 156 valence electrons. The number of likely N-dealkylation sites (tertiary alicyclic amines) is 1. The van der Waals surface area contributed by atoms with E-state index >= 15 is 0 Å². The van der Waals surface area contributed by atoms with Gasteiger partial charge in [-0.1, -0.05) is 0 Å². The number of carbonyl (C=O) groups is 1. The average molecular weight is 409 g/mol. The number of carboxylic acid groups (broad SMARTS) is 1. The molecule has 3 aromatic rings. The summed E-state index contributed by atoms with van der Waals surface area (Å²) in [5.74, 6) is 0.397. The van der Waals surface area contributed by atoms with Gasteiger partial charge >= 0.3 is 5.97 Å². The van der Waals surface area contributed by atoms with E-state index in [2.05, 4.69) is 4.98 Å². The smallest absolute Gasteiger partial charge is 0.320 e. The van der Waals surface area contributed by atoms with Crippen LogP contribution in [-0.2, 0) is 18.4 Å². The third-order valence-corrected chi connectivity index (χ3v) is 5.68. The Morgan fingerprint density at radius 2 is 1.93 bits per heavy atom. The summed E-state index contributed by atoms with van der Waals surface area (Å²) in [5, 5.41) is 10.7. The van der Waals surface area contributed by atoms with Crippen molar-refractivity contribution in [2.24, 2.45) is 7.05 Å². The monoisotopic (exact) mass is 409 g/mol. The molecule has 30 heavy (non-hydrogen) atoms. The molecule has 0 spiro atoms. The summed E-state index contributed by atoms with van der Waals surface area (Å²) in [6.07, 6.45) is 5.65. The summed E-state index contributed by atoms with van der Waals surface area (Å²) in [6, 6.07) is 5.12. The van der Waals surface area contributed by atoms with Crippen LogP contribution < -0.4 is 15.0 Å². The van der Waals surface area contributed by atoms with E-state index in [-0.39, 0.29) is 5.56 Å². The lowest BCUT2D eigenvalue weighted by molar-refractivity contribution is -0.148. The number of aryl methyl sites for hydroxylation is 1. The van der Waals surface area contributed by atoms with Crippen LogP contribution in [0.4, 0.5) is 0 Å². The van der Waals surface area contributed by atoms with Crippen molar-refractivity contribution in [3.8, 4) is 22.6 Å². The number of pyridine rings is 2. The van der Waals surface area contributed by atoms with Gasteiger partial charge in [0, 0.05) is 44.3 Å². The van der Waals surface area contributed by atoms with E-state index in [9.17, 15) is 14.7 Å². The number of hydrogen-bond donors (Lipinski definition) is 1. The maximum Gasteiger partial charge on any atom is 0.320 e. The molecule has 1 atom stereocenters. The molecule has 0 aliphatic carbocycles. The van der Waals surface area contributed by atoms with Gasteiger partial charge in [-0.2, -0.15) is 0 Å². The van der Waals surface area contributed by atoms with Crippen molar-refractivity contribution in [3.63, 3.8) is 0 Å². The summed E-state index contributed by atoms with van der Waals surface area (Å²) in [5.41, 5.74) is 2.36. The fourth-order valence-electron chi connectivity index (χ4n) is 3.95. The SMILES string of the molecule is COc1cc(-c2cn(C)c(=O)c3cnccc23)cc(OC)c1CN1CC[C@@H]1C(=O)O. The van der Waals surface area contributed by atoms with Crippen LogP contribution in [0.25, 0.3) is 21.9 Å². The summed E-state index contributed by atoms with van der Waals surface area (Å²) in [6.45, 7) is 1.13. The molecule has 4 rings (SSSR count). The highest BCUT2D eigenvalue weighted by atomic mass is 16.5. The minimum absolute atomic E-state index is 0.116. The first-order chi connectivity index (χ1) is 14.4. The van der Waals surface area contributed by atoms with Crippen LogP contribution in [0.15, 0.2) is 41.6 Å². The zero-order valence-corrected chi connectivity index (χ0v) is 17.1. The number of aliphatic carboxylic acids is 1. The summed E-state index contributed by atoms with van der Waals surface area (Å²) < 4.78 is 12.8. The van der Waals surface area contributed by atoms with Gasteiger partial charge in [0.1, 0.15) is 17.5 Å². The van der Waals surface area contributed by atoms with Gasteiger partial charge in [0.15, 0.2) is 0 Å². The standard InChI is InChI=1S/C22H23N3O5/c1-24-11-16(14-4-6-23-10-15(14)21(24)26)13-8-19(29-2)17(20(9-13)30-3)12-25-7-5-18(25)22(27)28/h4,6,8-11,18H,5,7,12H2,1-3H3,(H,27,28)/t18-/m1/s1. The Bertz CT molecular complexity index is 1160. The van der Waals surface area contributed by atoms with E-state index in [4.69, 9.17) is 9.47 Å². The third-order valence-electron chi connectivity index (χ3n) is 5.68. The molecule has 1 aliphatic rings. The normalized spacial score (nSPS) is 16.3. The number of fused-ring (bicyclic) bond motifs is 1. The predicted octanol–water partition coefficient (Wildman–Crippen LogP) is 2.28. The number of methoxy groups -OCH3 is 2. The second-order valence-corrected chi connectivity index (χ2v) is 7.35. The molecule has 8 heteroatoms. The zero-order valence-electron chi connectivity index (χ0n) is 17.1. The first kappa shape index (κ1) is 19.9. The fourth-order valence-corrected chi connectivity index (χ4v) is 3.95. The predicted molar refractivity (Wildman–Crippen MR) is 112 cm³/mol. The topological polar surface area (TPSA) is 93.9 Å². The van der Waals surface area contributed by atoms with Crippen LogP contribution in [0.2, 0.25) is 0 Å². The van der Waals surface area contributed by atoms with Gasteiger partial charge in [-0.3, -0.25) is 19.5 Å². The molecule has 0 bridgehead atoms. The van der Waals surface area contributed by atoms with E-state index in [1.165, 1.54) is 4.57 Å². The van der Waals surface area contributed by atoms with E-state index in [1.54, 1.807) is 39.9 Å². The molecular weight excluding hydrogens is 386 g/mol. The minimum atomic E-state index is -0.818. The Morgan fingerprint density at radius 1 is 1.23 bits per heavy atom. The van der Waals surface area contributed by atoms with E-state index in [0.717, 1.165) is 22.1 Å². The van der Waals surface area contributed by atoms with Crippen molar-refractivity contribution < 1.29 is 19.4 Å². The molecule has 1 aliphatic heterocycles. The van der Waals surface area contributed by atoms with Gasteiger partial charge < -0.3 is 19.1 Å². The second-order valence-electron chi connectivity index (χ2n) is 7.35. The van der Waals surface area contributed by atoms with Crippen molar-refractivity contribution in [3.05, 3.63) is 52.7 Å². The summed E-state index contributed by atoms with van der Waals surface area (Å²) in [7, 11) is 4.86. The third kappa shape index (κ3) is 3.29. The van der Waals surface area contributed by atoms with Crippen molar-refractivity contribution in [1.82, 2.24) is 14.5 Å². The zero-order chi connectivity index (χ0) is 21.4.